The summed E-state index contributed by atoms with van der Waals surface area (Å²) in [5.41, 5.74) is 0.924. The van der Waals surface area contributed by atoms with Crippen molar-refractivity contribution in [3.63, 3.8) is 0 Å². The van der Waals surface area contributed by atoms with E-state index in [2.05, 4.69) is 31.3 Å². The summed E-state index contributed by atoms with van der Waals surface area (Å²) in [6, 6.07) is 13.3. The lowest BCUT2D eigenvalue weighted by molar-refractivity contribution is -0.137. The summed E-state index contributed by atoms with van der Waals surface area (Å²) in [5.74, 6) is 0.368. The number of rotatable bonds is 4. The van der Waals surface area contributed by atoms with Crippen molar-refractivity contribution in [3.05, 3.63) is 76.4 Å². The van der Waals surface area contributed by atoms with E-state index in [1.807, 2.05) is 12.1 Å². The molecule has 1 aliphatic rings. The predicted molar refractivity (Wildman–Crippen MR) is 132 cm³/mol. The number of para-hydroxylation sites is 1. The molecule has 3 heterocycles. The van der Waals surface area contributed by atoms with Gasteiger partial charge in [-0.1, -0.05) is 18.2 Å². The van der Waals surface area contributed by atoms with Crippen LogP contribution in [0.2, 0.25) is 0 Å². The first-order chi connectivity index (χ1) is 17.2. The molecular weight excluding hydrogens is 539 g/mol. The van der Waals surface area contributed by atoms with Crippen molar-refractivity contribution < 1.29 is 23.1 Å². The van der Waals surface area contributed by atoms with E-state index in [0.29, 0.717) is 53.1 Å². The highest BCUT2D eigenvalue weighted by Gasteiger charge is 2.32. The Morgan fingerprint density at radius 2 is 1.83 bits per heavy atom. The molecule has 4 aromatic rings. The third kappa shape index (κ3) is 4.75. The third-order valence-electron chi connectivity index (χ3n) is 6.18. The maximum Gasteiger partial charge on any atom is 0.416 e. The number of anilines is 1. The van der Waals surface area contributed by atoms with Crippen LogP contribution in [-0.2, 0) is 6.18 Å². The molecule has 0 bridgehead atoms. The Labute approximate surface area is 212 Å². The Balaban J connectivity index is 1.33. The van der Waals surface area contributed by atoms with Gasteiger partial charge in [0, 0.05) is 36.3 Å². The normalized spacial score (nSPS) is 14.8. The predicted octanol–water partition coefficient (Wildman–Crippen LogP) is 5.60. The Morgan fingerprint density at radius 3 is 2.56 bits per heavy atom. The average molecular weight is 560 g/mol. The summed E-state index contributed by atoms with van der Waals surface area (Å²) in [6.45, 7) is 0.798. The molecule has 0 radical (unpaired) electrons. The molecule has 1 amide bonds. The standard InChI is InChI=1S/C25H21BrF3N5O2/c26-19-14-30-34-22(13-20(32-23(19)34)18-6-1-2-7-21(18)35)31-17-8-10-33(11-9-17)24(36)15-4-3-5-16(12-15)25(27,28)29/h1-7,12-14,17,31,35H,8-11H2. The van der Waals surface area contributed by atoms with Crippen molar-refractivity contribution in [1.82, 2.24) is 19.5 Å². The molecule has 0 saturated carbocycles. The summed E-state index contributed by atoms with van der Waals surface area (Å²) in [5, 5.41) is 18.2. The van der Waals surface area contributed by atoms with Gasteiger partial charge in [0.15, 0.2) is 5.65 Å². The van der Waals surface area contributed by atoms with Crippen molar-refractivity contribution in [2.75, 3.05) is 18.4 Å². The average Bonchev–Trinajstić information content (AvgIpc) is 3.25. The molecule has 0 unspecified atom stereocenters. The second-order valence-electron chi connectivity index (χ2n) is 8.56. The van der Waals surface area contributed by atoms with Gasteiger partial charge in [-0.2, -0.15) is 22.8 Å². The quantitative estimate of drug-likeness (QED) is 0.340. The number of hydrogen-bond donors (Lipinski definition) is 2. The van der Waals surface area contributed by atoms with Gasteiger partial charge in [-0.15, -0.1) is 0 Å². The van der Waals surface area contributed by atoms with Gasteiger partial charge in [0.2, 0.25) is 0 Å². The summed E-state index contributed by atoms with van der Waals surface area (Å²) in [6.07, 6.45) is -1.66. The number of likely N-dealkylation sites (tertiary alicyclic amines) is 1. The fourth-order valence-electron chi connectivity index (χ4n) is 4.31. The number of phenolic OH excluding ortho intramolecular Hbond substituents is 1. The van der Waals surface area contributed by atoms with Gasteiger partial charge < -0.3 is 15.3 Å². The molecule has 1 fully saturated rings. The number of phenols is 1. The van der Waals surface area contributed by atoms with E-state index in [1.165, 1.54) is 12.1 Å². The third-order valence-corrected chi connectivity index (χ3v) is 6.74. The van der Waals surface area contributed by atoms with E-state index in [1.54, 1.807) is 33.8 Å². The second-order valence-corrected chi connectivity index (χ2v) is 9.42. The highest BCUT2D eigenvalue weighted by Crippen LogP contribution is 2.32. The van der Waals surface area contributed by atoms with E-state index in [4.69, 9.17) is 0 Å². The maximum atomic E-state index is 13.0. The lowest BCUT2D eigenvalue weighted by Gasteiger charge is -2.33. The molecule has 11 heteroatoms. The Morgan fingerprint density at radius 1 is 1.08 bits per heavy atom. The van der Waals surface area contributed by atoms with Gasteiger partial charge in [0.25, 0.3) is 5.91 Å². The number of halogens is 4. The van der Waals surface area contributed by atoms with Crippen molar-refractivity contribution in [2.45, 2.75) is 25.1 Å². The van der Waals surface area contributed by atoms with Crippen molar-refractivity contribution >= 4 is 33.3 Å². The van der Waals surface area contributed by atoms with Crippen molar-refractivity contribution in [2.24, 2.45) is 0 Å². The van der Waals surface area contributed by atoms with Gasteiger partial charge in [0.1, 0.15) is 11.6 Å². The topological polar surface area (TPSA) is 82.8 Å². The fraction of sp³-hybridized carbons (Fsp3) is 0.240. The van der Waals surface area contributed by atoms with Gasteiger partial charge in [0.05, 0.1) is 21.9 Å². The number of aromatic nitrogens is 3. The van der Waals surface area contributed by atoms with E-state index in [9.17, 15) is 23.1 Å². The summed E-state index contributed by atoms with van der Waals surface area (Å²) < 4.78 is 41.5. The van der Waals surface area contributed by atoms with Crippen LogP contribution in [0.25, 0.3) is 16.9 Å². The number of carbonyl (C=O) groups is 1. The molecule has 36 heavy (non-hydrogen) atoms. The Kier molecular flexibility index (Phi) is 6.33. The Hall–Kier alpha value is -3.60. The molecule has 0 atom stereocenters. The molecule has 7 nitrogen and oxygen atoms in total. The molecule has 0 spiro atoms. The second kappa shape index (κ2) is 9.45. The number of nitrogens with one attached hydrogen (secondary N) is 1. The molecule has 2 aromatic heterocycles. The van der Waals surface area contributed by atoms with Gasteiger partial charge in [-0.05, 0) is 59.1 Å². The summed E-state index contributed by atoms with van der Waals surface area (Å²) >= 11 is 3.46. The first-order valence-corrected chi connectivity index (χ1v) is 12.1. The van der Waals surface area contributed by atoms with E-state index >= 15 is 0 Å². The van der Waals surface area contributed by atoms with Crippen molar-refractivity contribution in [1.29, 1.82) is 0 Å². The van der Waals surface area contributed by atoms with Crippen LogP contribution in [0.1, 0.15) is 28.8 Å². The number of hydrogen-bond acceptors (Lipinski definition) is 5. The van der Waals surface area contributed by atoms with E-state index < -0.39 is 17.6 Å². The number of amides is 1. The summed E-state index contributed by atoms with van der Waals surface area (Å²) in [4.78, 5) is 19.1. The molecular formula is C25H21BrF3N5O2. The zero-order chi connectivity index (χ0) is 25.4. The molecule has 0 aliphatic carbocycles. The highest BCUT2D eigenvalue weighted by atomic mass is 79.9. The lowest BCUT2D eigenvalue weighted by atomic mass is 10.0. The van der Waals surface area contributed by atoms with Crippen LogP contribution in [0.4, 0.5) is 19.0 Å². The molecule has 1 aliphatic heterocycles. The Bertz CT molecular complexity index is 1430. The number of benzene rings is 2. The first kappa shape index (κ1) is 24.1. The van der Waals surface area contributed by atoms with Crippen LogP contribution < -0.4 is 5.32 Å². The van der Waals surface area contributed by atoms with Gasteiger partial charge >= 0.3 is 6.18 Å². The monoisotopic (exact) mass is 559 g/mol. The number of fused-ring (bicyclic) bond motifs is 1. The largest absolute Gasteiger partial charge is 0.507 e. The minimum atomic E-state index is -4.50. The van der Waals surface area contributed by atoms with Crippen LogP contribution in [0.5, 0.6) is 5.75 Å². The fourth-order valence-corrected chi connectivity index (χ4v) is 4.66. The number of nitrogens with zero attached hydrogens (tertiary/aromatic N) is 4. The van der Waals surface area contributed by atoms with Crippen LogP contribution in [0.3, 0.4) is 0 Å². The van der Waals surface area contributed by atoms with Crippen LogP contribution in [0.15, 0.2) is 65.3 Å². The number of carbonyl (C=O) groups excluding carboxylic acids is 1. The molecule has 5 rings (SSSR count). The van der Waals surface area contributed by atoms with E-state index in [-0.39, 0.29) is 17.4 Å². The summed E-state index contributed by atoms with van der Waals surface area (Å²) in [7, 11) is 0. The SMILES string of the molecule is O=C(c1cccc(C(F)(F)F)c1)N1CCC(Nc2cc(-c3ccccc3O)nc3c(Br)cnn23)CC1. The van der Waals surface area contributed by atoms with E-state index in [0.717, 1.165) is 12.1 Å². The molecule has 2 N–H and O–H groups in total. The van der Waals surface area contributed by atoms with Crippen LogP contribution in [0, 0.1) is 0 Å². The van der Waals surface area contributed by atoms with Crippen LogP contribution in [-0.4, -0.2) is 49.6 Å². The first-order valence-electron chi connectivity index (χ1n) is 11.3. The molecule has 2 aromatic carbocycles. The maximum absolute atomic E-state index is 13.0. The zero-order valence-electron chi connectivity index (χ0n) is 18.8. The number of alkyl halides is 3. The zero-order valence-corrected chi connectivity index (χ0v) is 20.4. The number of piperidine rings is 1. The van der Waals surface area contributed by atoms with Gasteiger partial charge in [-0.3, -0.25) is 4.79 Å². The minimum absolute atomic E-state index is 0.00125. The molecule has 186 valence electrons. The van der Waals surface area contributed by atoms with Crippen molar-refractivity contribution in [3.8, 4) is 17.0 Å². The smallest absolute Gasteiger partial charge is 0.416 e. The molecule has 1 saturated heterocycles. The van der Waals surface area contributed by atoms with Gasteiger partial charge in [-0.25, -0.2) is 4.98 Å². The lowest BCUT2D eigenvalue weighted by Crippen LogP contribution is -2.42. The minimum Gasteiger partial charge on any atom is -0.507 e. The van der Waals surface area contributed by atoms with Crippen LogP contribution >= 0.6 is 15.9 Å². The number of aromatic hydroxyl groups is 1. The highest BCUT2D eigenvalue weighted by molar-refractivity contribution is 9.10.